The molecule has 0 radical (unpaired) electrons. The minimum absolute atomic E-state index is 0.0692. The maximum atomic E-state index is 12.6. The lowest BCUT2D eigenvalue weighted by Crippen LogP contribution is -2.47. The molecule has 1 aliphatic carbocycles. The summed E-state index contributed by atoms with van der Waals surface area (Å²) in [7, 11) is 3.63. The van der Waals surface area contributed by atoms with Gasteiger partial charge in [0, 0.05) is 57.3 Å². The number of nitrogens with zero attached hydrogens (tertiary/aromatic N) is 4. The first-order valence-electron chi connectivity index (χ1n) is 13.4. The third kappa shape index (κ3) is 5.51. The average molecular weight is 515 g/mol. The quantitative estimate of drug-likeness (QED) is 0.597. The lowest BCUT2D eigenvalue weighted by atomic mass is 9.98. The van der Waals surface area contributed by atoms with Crippen LogP contribution >= 0.6 is 0 Å². The van der Waals surface area contributed by atoms with Crippen molar-refractivity contribution in [3.8, 4) is 11.1 Å². The Bertz CT molecular complexity index is 1270. The zero-order valence-corrected chi connectivity index (χ0v) is 22.8. The molecule has 0 unspecified atom stereocenters. The average Bonchev–Trinajstić information content (AvgIpc) is 3.25. The number of ether oxygens (including phenoxy) is 1. The van der Waals surface area contributed by atoms with Gasteiger partial charge in [-0.25, -0.2) is 4.98 Å². The summed E-state index contributed by atoms with van der Waals surface area (Å²) < 4.78 is 5.66. The molecule has 0 atom stereocenters. The van der Waals surface area contributed by atoms with Crippen LogP contribution in [0.1, 0.15) is 38.8 Å². The summed E-state index contributed by atoms with van der Waals surface area (Å²) >= 11 is 0. The fraction of sp³-hybridized carbons (Fsp3) is 0.433. The van der Waals surface area contributed by atoms with Crippen LogP contribution in [0.4, 0.5) is 11.5 Å². The van der Waals surface area contributed by atoms with Gasteiger partial charge in [0.05, 0.1) is 24.1 Å². The molecular formula is C30H38N6O2. The third-order valence-corrected chi connectivity index (χ3v) is 7.88. The minimum Gasteiger partial charge on any atom is -0.386 e. The van der Waals surface area contributed by atoms with Crippen LogP contribution in [0.3, 0.4) is 0 Å². The summed E-state index contributed by atoms with van der Waals surface area (Å²) in [6, 6.07) is 6.66. The van der Waals surface area contributed by atoms with Gasteiger partial charge < -0.3 is 20.3 Å². The maximum absolute atomic E-state index is 12.6. The SMILES string of the molecule is CNc1cnc(N2CCC(N3CC(=O)NC4=C(C=CCC=C4)C3)CC2)cc1-c1ccnc(C(C)(C)OC)c1. The smallest absolute Gasteiger partial charge is 0.238 e. The fourth-order valence-corrected chi connectivity index (χ4v) is 5.39. The molecule has 5 rings (SSSR count). The van der Waals surface area contributed by atoms with Crippen molar-refractivity contribution < 1.29 is 9.53 Å². The Hall–Kier alpha value is -3.49. The molecule has 3 aliphatic rings. The highest BCUT2D eigenvalue weighted by Crippen LogP contribution is 2.34. The molecule has 200 valence electrons. The molecule has 8 nitrogen and oxygen atoms in total. The van der Waals surface area contributed by atoms with Crippen LogP contribution in [-0.2, 0) is 15.1 Å². The lowest BCUT2D eigenvalue weighted by molar-refractivity contribution is -0.121. The van der Waals surface area contributed by atoms with Gasteiger partial charge in [0.1, 0.15) is 11.4 Å². The van der Waals surface area contributed by atoms with Crippen LogP contribution in [-0.4, -0.2) is 67.2 Å². The molecule has 8 heteroatoms. The van der Waals surface area contributed by atoms with Crippen LogP contribution in [0.5, 0.6) is 0 Å². The lowest BCUT2D eigenvalue weighted by Gasteiger charge is -2.38. The zero-order chi connectivity index (χ0) is 26.7. The second-order valence-corrected chi connectivity index (χ2v) is 10.6. The highest BCUT2D eigenvalue weighted by molar-refractivity contribution is 5.81. The van der Waals surface area contributed by atoms with E-state index >= 15 is 0 Å². The molecule has 38 heavy (non-hydrogen) atoms. The molecule has 0 aromatic carbocycles. The number of hydrogen-bond acceptors (Lipinski definition) is 7. The molecule has 0 saturated carbocycles. The van der Waals surface area contributed by atoms with E-state index in [4.69, 9.17) is 9.72 Å². The standard InChI is InChI=1S/C30H38N6O2/c1-30(2,38-4)27-16-21(10-13-32-27)24-17-28(33-18-26(24)31-3)35-14-11-23(12-15-35)36-19-22-8-6-5-7-9-25(22)34-29(37)20-36/h6-10,13,16-18,23,31H,5,11-12,14-15,19-20H2,1-4H3,(H,34,37). The van der Waals surface area contributed by atoms with E-state index in [2.05, 4.69) is 55.8 Å². The highest BCUT2D eigenvalue weighted by atomic mass is 16.5. The topological polar surface area (TPSA) is 82.6 Å². The zero-order valence-electron chi connectivity index (χ0n) is 22.8. The summed E-state index contributed by atoms with van der Waals surface area (Å²) in [5.74, 6) is 1.04. The molecule has 2 N–H and O–H groups in total. The molecule has 1 saturated heterocycles. The van der Waals surface area contributed by atoms with Gasteiger partial charge in [0.25, 0.3) is 0 Å². The summed E-state index contributed by atoms with van der Waals surface area (Å²) in [6.07, 6.45) is 15.1. The molecule has 0 bridgehead atoms. The van der Waals surface area contributed by atoms with Crippen molar-refractivity contribution in [2.45, 2.75) is 44.8 Å². The maximum Gasteiger partial charge on any atom is 0.238 e. The third-order valence-electron chi connectivity index (χ3n) is 7.88. The van der Waals surface area contributed by atoms with Gasteiger partial charge in [-0.3, -0.25) is 14.7 Å². The first-order chi connectivity index (χ1) is 18.4. The van der Waals surface area contributed by atoms with E-state index in [9.17, 15) is 4.79 Å². The molecule has 1 amide bonds. The number of hydrogen-bond donors (Lipinski definition) is 2. The van der Waals surface area contributed by atoms with Crippen molar-refractivity contribution >= 4 is 17.4 Å². The van der Waals surface area contributed by atoms with E-state index < -0.39 is 5.60 Å². The van der Waals surface area contributed by atoms with Crippen molar-refractivity contribution in [2.24, 2.45) is 0 Å². The summed E-state index contributed by atoms with van der Waals surface area (Å²) in [5, 5.41) is 6.39. The Kier molecular flexibility index (Phi) is 7.63. The second-order valence-electron chi connectivity index (χ2n) is 10.6. The number of amides is 1. The first-order valence-corrected chi connectivity index (χ1v) is 13.4. The number of aromatic nitrogens is 2. The number of methoxy groups -OCH3 is 1. The summed E-state index contributed by atoms with van der Waals surface area (Å²) in [6.45, 7) is 7.06. The Balaban J connectivity index is 1.32. The van der Waals surface area contributed by atoms with Gasteiger partial charge in [-0.15, -0.1) is 0 Å². The predicted molar refractivity (Wildman–Crippen MR) is 152 cm³/mol. The van der Waals surface area contributed by atoms with Crippen LogP contribution in [0.15, 0.2) is 66.2 Å². The normalized spacial score (nSPS) is 19.2. The van der Waals surface area contributed by atoms with Crippen LogP contribution in [0, 0.1) is 0 Å². The number of nitrogens with one attached hydrogen (secondary N) is 2. The van der Waals surface area contributed by atoms with Crippen LogP contribution in [0.2, 0.25) is 0 Å². The first kappa shape index (κ1) is 26.1. The molecule has 2 aromatic rings. The molecule has 4 heterocycles. The van der Waals surface area contributed by atoms with E-state index in [-0.39, 0.29) is 5.91 Å². The van der Waals surface area contributed by atoms with E-state index in [1.807, 2.05) is 45.4 Å². The molecule has 0 spiro atoms. The van der Waals surface area contributed by atoms with Crippen molar-refractivity contribution in [1.82, 2.24) is 20.2 Å². The van der Waals surface area contributed by atoms with E-state index in [1.54, 1.807) is 7.11 Å². The number of anilines is 2. The monoisotopic (exact) mass is 514 g/mol. The molecule has 2 aliphatic heterocycles. The number of carbonyl (C=O) groups is 1. The summed E-state index contributed by atoms with van der Waals surface area (Å²) in [4.78, 5) is 26.7. The van der Waals surface area contributed by atoms with Gasteiger partial charge >= 0.3 is 0 Å². The van der Waals surface area contributed by atoms with Gasteiger partial charge in [0.15, 0.2) is 0 Å². The van der Waals surface area contributed by atoms with Crippen molar-refractivity contribution in [2.75, 3.05) is 50.6 Å². The fourth-order valence-electron chi connectivity index (χ4n) is 5.39. The Labute approximate surface area is 225 Å². The largest absolute Gasteiger partial charge is 0.386 e. The number of pyridine rings is 2. The van der Waals surface area contributed by atoms with Crippen LogP contribution < -0.4 is 15.5 Å². The number of rotatable bonds is 6. The minimum atomic E-state index is -0.475. The predicted octanol–water partition coefficient (Wildman–Crippen LogP) is 4.24. The summed E-state index contributed by atoms with van der Waals surface area (Å²) in [5.41, 5.74) is 5.68. The van der Waals surface area contributed by atoms with Crippen molar-refractivity contribution in [3.05, 3.63) is 71.9 Å². The van der Waals surface area contributed by atoms with Gasteiger partial charge in [-0.05, 0) is 68.5 Å². The Morgan fingerprint density at radius 2 is 1.89 bits per heavy atom. The van der Waals surface area contributed by atoms with E-state index in [0.717, 1.165) is 72.9 Å². The van der Waals surface area contributed by atoms with Gasteiger partial charge in [0.2, 0.25) is 5.91 Å². The van der Waals surface area contributed by atoms with Gasteiger partial charge in [-0.1, -0.05) is 18.2 Å². The van der Waals surface area contributed by atoms with E-state index in [0.29, 0.717) is 12.6 Å². The number of piperidine rings is 1. The molecule has 2 aromatic heterocycles. The van der Waals surface area contributed by atoms with Gasteiger partial charge in [-0.2, -0.15) is 0 Å². The number of carbonyl (C=O) groups excluding carboxylic acids is 1. The Morgan fingerprint density at radius 1 is 1.11 bits per heavy atom. The van der Waals surface area contributed by atoms with E-state index in [1.165, 1.54) is 5.57 Å². The van der Waals surface area contributed by atoms with Crippen LogP contribution in [0.25, 0.3) is 11.1 Å². The highest BCUT2D eigenvalue weighted by Gasteiger charge is 2.30. The molecular weight excluding hydrogens is 476 g/mol. The van der Waals surface area contributed by atoms with Crippen molar-refractivity contribution in [1.29, 1.82) is 0 Å². The number of allylic oxidation sites excluding steroid dienone is 3. The van der Waals surface area contributed by atoms with Crippen molar-refractivity contribution in [3.63, 3.8) is 0 Å². The second kappa shape index (κ2) is 11.1. The molecule has 1 fully saturated rings. The Morgan fingerprint density at radius 3 is 2.66 bits per heavy atom.